The van der Waals surface area contributed by atoms with Crippen molar-refractivity contribution in [2.24, 2.45) is 0 Å². The van der Waals surface area contributed by atoms with Crippen LogP contribution in [-0.2, 0) is 23.1 Å². The number of H-pyrrole nitrogens is 1. The normalized spacial score (nSPS) is 36.1. The molecule has 2 aliphatic heterocycles. The third kappa shape index (κ3) is 5.06. The monoisotopic (exact) mass is 454 g/mol. The Morgan fingerprint density at radius 1 is 1.33 bits per heavy atom. The fourth-order valence-electron chi connectivity index (χ4n) is 3.19. The first-order chi connectivity index (χ1) is 13.9. The number of aryl methyl sites for hydroxylation is 1. The van der Waals surface area contributed by atoms with Crippen LogP contribution < -0.4 is 11.2 Å². The number of aromatic nitrogens is 2. The van der Waals surface area contributed by atoms with E-state index in [0.29, 0.717) is 0 Å². The minimum Gasteiger partial charge on any atom is -0.394 e. The molecule has 3 rings (SSSR count). The summed E-state index contributed by atoms with van der Waals surface area (Å²) in [6.45, 7) is 0.176. The molecule has 6 N–H and O–H groups in total. The Bertz CT molecular complexity index is 933. The van der Waals surface area contributed by atoms with Crippen LogP contribution in [0.4, 0.5) is 0 Å². The zero-order valence-corrected chi connectivity index (χ0v) is 16.7. The fraction of sp³-hybridized carbons (Fsp3) is 0.733. The molecule has 30 heavy (non-hydrogen) atoms. The molecule has 15 heteroatoms. The minimum absolute atomic E-state index is 0.0621. The average Bonchev–Trinajstić information content (AvgIpc) is 3.14. The number of phosphoric ester groups is 1. The van der Waals surface area contributed by atoms with Crippen LogP contribution in [0.5, 0.6) is 0 Å². The first-order valence-corrected chi connectivity index (χ1v) is 10.5. The molecule has 2 fully saturated rings. The van der Waals surface area contributed by atoms with E-state index in [2.05, 4.69) is 9.51 Å². The topological polar surface area (TPSA) is 210 Å². The Morgan fingerprint density at radius 2 is 2.03 bits per heavy atom. The molecular formula is C15H23N2O12P. The van der Waals surface area contributed by atoms with Crippen LogP contribution >= 0.6 is 7.82 Å². The second-order valence-electron chi connectivity index (χ2n) is 7.09. The standard InChI is InChI=1S/C15H23N2O12P/c1-7-4-17(14(22)16-13(7)21)12-2-8(19)11(27-12)6-26-30(24,25)29-15(23)3-9(20)10(5-18)28-15/h4,8-12,18-20,23H,2-3,5-6H2,1H3,(H,24,25)(H,16,21,22)/t8-,9-,10+,11+,12+,15-/m0/s1. The molecule has 14 nitrogen and oxygen atoms in total. The van der Waals surface area contributed by atoms with Crippen molar-refractivity contribution in [2.45, 2.75) is 56.4 Å². The van der Waals surface area contributed by atoms with Crippen molar-refractivity contribution < 1.29 is 48.4 Å². The lowest BCUT2D eigenvalue weighted by Gasteiger charge is -2.25. The van der Waals surface area contributed by atoms with Gasteiger partial charge in [0.2, 0.25) is 0 Å². The zero-order valence-electron chi connectivity index (χ0n) is 15.8. The highest BCUT2D eigenvalue weighted by Gasteiger charge is 2.50. The van der Waals surface area contributed by atoms with Crippen LogP contribution in [0.1, 0.15) is 24.6 Å². The first kappa shape index (κ1) is 23.2. The summed E-state index contributed by atoms with van der Waals surface area (Å²) in [5, 5.41) is 38.8. The molecule has 0 spiro atoms. The van der Waals surface area contributed by atoms with Crippen LogP contribution in [0.15, 0.2) is 15.8 Å². The molecule has 1 aromatic rings. The Balaban J connectivity index is 1.60. The van der Waals surface area contributed by atoms with Gasteiger partial charge in [0, 0.05) is 18.2 Å². The van der Waals surface area contributed by atoms with Gasteiger partial charge >= 0.3 is 13.5 Å². The third-order valence-corrected chi connectivity index (χ3v) is 5.72. The summed E-state index contributed by atoms with van der Waals surface area (Å²) in [5.41, 5.74) is -1.07. The zero-order chi connectivity index (χ0) is 22.3. The van der Waals surface area contributed by atoms with Gasteiger partial charge in [-0.15, -0.1) is 0 Å². The summed E-state index contributed by atoms with van der Waals surface area (Å²) < 4.78 is 32.8. The van der Waals surface area contributed by atoms with Crippen molar-refractivity contribution in [3.63, 3.8) is 0 Å². The van der Waals surface area contributed by atoms with Crippen LogP contribution in [0, 0.1) is 6.92 Å². The lowest BCUT2D eigenvalue weighted by atomic mass is 10.2. The SMILES string of the molecule is Cc1cn([C@H]2C[C@H](O)[C@@H](COP(=O)(O)O[C@]3(O)C[C@H](O)[C@@H](CO)O3)O2)c(=O)[nH]c1=O. The molecular weight excluding hydrogens is 431 g/mol. The first-order valence-electron chi connectivity index (χ1n) is 8.96. The van der Waals surface area contributed by atoms with Gasteiger partial charge in [0.05, 0.1) is 31.8 Å². The van der Waals surface area contributed by atoms with Crippen molar-refractivity contribution in [1.82, 2.24) is 9.55 Å². The maximum atomic E-state index is 12.1. The van der Waals surface area contributed by atoms with Crippen molar-refractivity contribution in [3.8, 4) is 0 Å². The predicted octanol–water partition coefficient (Wildman–Crippen LogP) is -2.58. The average molecular weight is 454 g/mol. The maximum absolute atomic E-state index is 12.1. The van der Waals surface area contributed by atoms with Crippen LogP contribution in [0.3, 0.4) is 0 Å². The molecule has 1 unspecified atom stereocenters. The summed E-state index contributed by atoms with van der Waals surface area (Å²) in [6.07, 6.45) is -5.22. The van der Waals surface area contributed by atoms with Gasteiger partial charge in [-0.1, -0.05) is 0 Å². The van der Waals surface area contributed by atoms with E-state index in [0.717, 1.165) is 4.57 Å². The van der Waals surface area contributed by atoms with Gasteiger partial charge in [0.25, 0.3) is 11.5 Å². The van der Waals surface area contributed by atoms with Gasteiger partial charge in [-0.25, -0.2) is 13.9 Å². The molecule has 3 heterocycles. The summed E-state index contributed by atoms with van der Waals surface area (Å²) in [5.74, 6) is -2.66. The summed E-state index contributed by atoms with van der Waals surface area (Å²) in [4.78, 5) is 35.3. The molecule has 0 saturated carbocycles. The van der Waals surface area contributed by atoms with Crippen molar-refractivity contribution >= 4 is 7.82 Å². The van der Waals surface area contributed by atoms with Gasteiger partial charge in [0.15, 0.2) is 0 Å². The summed E-state index contributed by atoms with van der Waals surface area (Å²) in [7, 11) is -4.94. The molecule has 170 valence electrons. The van der Waals surface area contributed by atoms with Gasteiger partial charge in [-0.3, -0.25) is 18.9 Å². The largest absolute Gasteiger partial charge is 0.476 e. The van der Waals surface area contributed by atoms with E-state index >= 15 is 0 Å². The number of hydrogen-bond donors (Lipinski definition) is 6. The van der Waals surface area contributed by atoms with E-state index in [-0.39, 0.29) is 12.0 Å². The van der Waals surface area contributed by atoms with Gasteiger partial charge < -0.3 is 34.8 Å². The molecule has 1 aromatic heterocycles. The minimum atomic E-state index is -4.94. The smallest absolute Gasteiger partial charge is 0.394 e. The number of aliphatic hydroxyl groups excluding tert-OH is 3. The van der Waals surface area contributed by atoms with Crippen molar-refractivity contribution in [2.75, 3.05) is 13.2 Å². The number of aromatic amines is 1. The number of nitrogens with zero attached hydrogens (tertiary/aromatic N) is 1. The molecule has 0 radical (unpaired) electrons. The van der Waals surface area contributed by atoms with Crippen LogP contribution in [0.2, 0.25) is 0 Å². The van der Waals surface area contributed by atoms with E-state index in [4.69, 9.17) is 19.1 Å². The number of ether oxygens (including phenoxy) is 2. The highest BCUT2D eigenvalue weighted by Crippen LogP contribution is 2.50. The lowest BCUT2D eigenvalue weighted by molar-refractivity contribution is -0.316. The lowest BCUT2D eigenvalue weighted by Crippen LogP contribution is -2.34. The van der Waals surface area contributed by atoms with Gasteiger partial charge in [-0.05, 0) is 6.92 Å². The van der Waals surface area contributed by atoms with Crippen molar-refractivity contribution in [1.29, 1.82) is 0 Å². The number of nitrogens with one attached hydrogen (secondary N) is 1. The maximum Gasteiger partial charge on any atom is 0.476 e. The third-order valence-electron chi connectivity index (χ3n) is 4.73. The summed E-state index contributed by atoms with van der Waals surface area (Å²) in [6, 6.07) is 0. The highest BCUT2D eigenvalue weighted by atomic mass is 31.2. The van der Waals surface area contributed by atoms with E-state index in [1.807, 2.05) is 0 Å². The Hall–Kier alpha value is -1.45. The van der Waals surface area contributed by atoms with Crippen LogP contribution in [-0.4, -0.2) is 78.5 Å². The number of rotatable bonds is 7. The van der Waals surface area contributed by atoms with Crippen molar-refractivity contribution in [3.05, 3.63) is 32.6 Å². The quantitative estimate of drug-likeness (QED) is 0.185. The van der Waals surface area contributed by atoms with Crippen LogP contribution in [0.25, 0.3) is 0 Å². The van der Waals surface area contributed by atoms with E-state index in [1.54, 1.807) is 0 Å². The number of hydrogen-bond acceptors (Lipinski definition) is 11. The molecule has 0 amide bonds. The Kier molecular flexibility index (Phi) is 6.65. The second kappa shape index (κ2) is 8.59. The fourth-order valence-corrected chi connectivity index (χ4v) is 4.05. The second-order valence-corrected chi connectivity index (χ2v) is 8.47. The molecule has 0 bridgehead atoms. The molecule has 0 aromatic carbocycles. The predicted molar refractivity (Wildman–Crippen MR) is 95.0 cm³/mol. The summed E-state index contributed by atoms with van der Waals surface area (Å²) >= 11 is 0. The Labute approximate surface area is 168 Å². The number of aliphatic hydroxyl groups is 4. The Morgan fingerprint density at radius 3 is 2.67 bits per heavy atom. The molecule has 0 aliphatic carbocycles. The van der Waals surface area contributed by atoms with E-state index in [1.165, 1.54) is 13.1 Å². The van der Waals surface area contributed by atoms with E-state index < -0.39 is 75.3 Å². The highest BCUT2D eigenvalue weighted by molar-refractivity contribution is 7.47. The van der Waals surface area contributed by atoms with E-state index in [9.17, 15) is 34.4 Å². The molecule has 7 atom stereocenters. The molecule has 2 saturated heterocycles. The number of phosphoric acid groups is 1. The van der Waals surface area contributed by atoms with Gasteiger partial charge in [0.1, 0.15) is 18.4 Å². The van der Waals surface area contributed by atoms with Gasteiger partial charge in [-0.2, -0.15) is 0 Å². The molecule has 2 aliphatic rings.